The number of benzene rings is 1. The summed E-state index contributed by atoms with van der Waals surface area (Å²) in [5, 5.41) is 9.71. The van der Waals surface area contributed by atoms with Crippen LogP contribution >= 0.6 is 22.9 Å². The summed E-state index contributed by atoms with van der Waals surface area (Å²) in [5.74, 6) is 1.38. The maximum Gasteiger partial charge on any atom is 0.257 e. The summed E-state index contributed by atoms with van der Waals surface area (Å²) in [6.07, 6.45) is 6.98. The number of aromatic nitrogens is 5. The maximum atomic E-state index is 11.7. The summed E-state index contributed by atoms with van der Waals surface area (Å²) >= 11 is 7.96. The van der Waals surface area contributed by atoms with Gasteiger partial charge in [-0.25, -0.2) is 13.4 Å². The van der Waals surface area contributed by atoms with Gasteiger partial charge in [-0.3, -0.25) is 0 Å². The molecule has 0 radical (unpaired) electrons. The van der Waals surface area contributed by atoms with Crippen molar-refractivity contribution >= 4 is 48.4 Å². The zero-order valence-electron chi connectivity index (χ0n) is 17.9. The Morgan fingerprint density at radius 1 is 1.18 bits per heavy atom. The molecule has 12 heteroatoms. The van der Waals surface area contributed by atoms with Crippen molar-refractivity contribution in [3.63, 3.8) is 0 Å². The summed E-state index contributed by atoms with van der Waals surface area (Å²) in [4.78, 5) is 11.9. The SMILES string of the molecule is CC(C)c1noc(C2=CCN(c3nn4c(Cl)c(-c5ccc(S(C)(=O)=O)cc5)nc4s3)C=C2)n1. The first-order valence-electron chi connectivity index (χ1n) is 10.1. The highest BCUT2D eigenvalue weighted by molar-refractivity contribution is 7.90. The predicted octanol–water partition coefficient (Wildman–Crippen LogP) is 4.44. The number of imidazole rings is 1. The number of rotatable bonds is 5. The Morgan fingerprint density at radius 2 is 1.94 bits per heavy atom. The van der Waals surface area contributed by atoms with Gasteiger partial charge in [0.1, 0.15) is 5.69 Å². The summed E-state index contributed by atoms with van der Waals surface area (Å²) in [5.41, 5.74) is 2.14. The molecule has 0 atom stereocenters. The van der Waals surface area contributed by atoms with Crippen LogP contribution in [0.3, 0.4) is 0 Å². The van der Waals surface area contributed by atoms with Crippen LogP contribution in [0, 0.1) is 0 Å². The van der Waals surface area contributed by atoms with Gasteiger partial charge in [0.2, 0.25) is 10.1 Å². The molecule has 0 aliphatic carbocycles. The second kappa shape index (κ2) is 8.08. The third-order valence-electron chi connectivity index (χ3n) is 5.09. The first-order valence-corrected chi connectivity index (χ1v) is 13.1. The first-order chi connectivity index (χ1) is 15.7. The van der Waals surface area contributed by atoms with Gasteiger partial charge in [0, 0.05) is 36.1 Å². The largest absolute Gasteiger partial charge is 0.334 e. The minimum absolute atomic E-state index is 0.200. The molecule has 0 unspecified atom stereocenters. The Morgan fingerprint density at radius 3 is 2.52 bits per heavy atom. The normalized spacial score (nSPS) is 14.5. The lowest BCUT2D eigenvalue weighted by molar-refractivity contribution is 0.398. The molecule has 33 heavy (non-hydrogen) atoms. The molecule has 0 amide bonds. The third kappa shape index (κ3) is 4.07. The van der Waals surface area contributed by atoms with Crippen molar-refractivity contribution in [2.24, 2.45) is 0 Å². The number of hydrogen-bond donors (Lipinski definition) is 0. The van der Waals surface area contributed by atoms with E-state index in [1.807, 2.05) is 37.1 Å². The lowest BCUT2D eigenvalue weighted by Gasteiger charge is -2.18. The van der Waals surface area contributed by atoms with Crippen LogP contribution in [0.1, 0.15) is 31.5 Å². The lowest BCUT2D eigenvalue weighted by atomic mass is 10.2. The molecule has 0 fully saturated rings. The van der Waals surface area contributed by atoms with Crippen LogP contribution in [0.4, 0.5) is 5.13 Å². The van der Waals surface area contributed by atoms with Crippen LogP contribution in [0.25, 0.3) is 21.8 Å². The highest BCUT2D eigenvalue weighted by Crippen LogP contribution is 2.34. The van der Waals surface area contributed by atoms with Gasteiger partial charge in [-0.1, -0.05) is 60.2 Å². The number of fused-ring (bicyclic) bond motifs is 1. The molecule has 5 rings (SSSR count). The number of halogens is 1. The van der Waals surface area contributed by atoms with Crippen molar-refractivity contribution in [3.05, 3.63) is 59.5 Å². The lowest BCUT2D eigenvalue weighted by Crippen LogP contribution is -2.18. The van der Waals surface area contributed by atoms with E-state index in [1.165, 1.54) is 17.6 Å². The van der Waals surface area contributed by atoms with Gasteiger partial charge in [0.25, 0.3) is 5.89 Å². The van der Waals surface area contributed by atoms with Gasteiger partial charge >= 0.3 is 0 Å². The van der Waals surface area contributed by atoms with Crippen molar-refractivity contribution in [1.29, 1.82) is 0 Å². The molecule has 0 bridgehead atoms. The Hall–Kier alpha value is -3.02. The Balaban J connectivity index is 1.37. The van der Waals surface area contributed by atoms with Gasteiger partial charge in [0.05, 0.1) is 4.90 Å². The van der Waals surface area contributed by atoms with Crippen LogP contribution in [-0.2, 0) is 9.84 Å². The quantitative estimate of drug-likeness (QED) is 0.394. The van der Waals surface area contributed by atoms with Crippen LogP contribution in [0.15, 0.2) is 52.0 Å². The third-order valence-corrected chi connectivity index (χ3v) is 7.50. The summed E-state index contributed by atoms with van der Waals surface area (Å²) in [6.45, 7) is 4.61. The Kier molecular flexibility index (Phi) is 5.34. The summed E-state index contributed by atoms with van der Waals surface area (Å²) < 4.78 is 30.3. The maximum absolute atomic E-state index is 11.7. The fourth-order valence-corrected chi connectivity index (χ4v) is 5.10. The number of sulfone groups is 1. The zero-order chi connectivity index (χ0) is 23.3. The highest BCUT2D eigenvalue weighted by atomic mass is 35.5. The molecule has 3 aromatic heterocycles. The monoisotopic (exact) mass is 502 g/mol. The molecule has 0 saturated carbocycles. The van der Waals surface area contributed by atoms with E-state index >= 15 is 0 Å². The molecular formula is C21H19ClN6O3S2. The van der Waals surface area contributed by atoms with Crippen LogP contribution in [-0.4, -0.2) is 46.0 Å². The fourth-order valence-electron chi connectivity index (χ4n) is 3.26. The van der Waals surface area contributed by atoms with E-state index in [2.05, 4.69) is 20.2 Å². The van der Waals surface area contributed by atoms with Crippen molar-refractivity contribution in [3.8, 4) is 11.3 Å². The van der Waals surface area contributed by atoms with E-state index in [4.69, 9.17) is 16.1 Å². The van der Waals surface area contributed by atoms with Gasteiger partial charge in [-0.05, 0) is 18.2 Å². The van der Waals surface area contributed by atoms with Gasteiger partial charge in [-0.15, -0.1) is 5.10 Å². The predicted molar refractivity (Wildman–Crippen MR) is 127 cm³/mol. The van der Waals surface area contributed by atoms with E-state index < -0.39 is 9.84 Å². The molecule has 9 nitrogen and oxygen atoms in total. The van der Waals surface area contributed by atoms with Crippen molar-refractivity contribution in [1.82, 2.24) is 24.7 Å². The molecule has 1 aliphatic rings. The van der Waals surface area contributed by atoms with E-state index in [0.717, 1.165) is 16.3 Å². The second-order valence-corrected chi connectivity index (χ2v) is 11.2. The van der Waals surface area contributed by atoms with Crippen molar-refractivity contribution in [2.45, 2.75) is 24.7 Å². The van der Waals surface area contributed by atoms with Crippen molar-refractivity contribution < 1.29 is 12.9 Å². The second-order valence-electron chi connectivity index (χ2n) is 7.87. The van der Waals surface area contributed by atoms with E-state index in [-0.39, 0.29) is 10.8 Å². The molecule has 4 aromatic rings. The highest BCUT2D eigenvalue weighted by Gasteiger charge is 2.21. The summed E-state index contributed by atoms with van der Waals surface area (Å²) in [7, 11) is -3.27. The fraction of sp³-hybridized carbons (Fsp3) is 0.238. The molecular weight excluding hydrogens is 484 g/mol. The molecule has 0 N–H and O–H groups in total. The Bertz CT molecular complexity index is 1510. The van der Waals surface area contributed by atoms with E-state index in [0.29, 0.717) is 34.1 Å². The average molecular weight is 503 g/mol. The van der Waals surface area contributed by atoms with Crippen LogP contribution in [0.5, 0.6) is 0 Å². The number of hydrogen-bond acceptors (Lipinski definition) is 9. The minimum atomic E-state index is -3.27. The van der Waals surface area contributed by atoms with E-state index in [9.17, 15) is 8.42 Å². The minimum Gasteiger partial charge on any atom is -0.334 e. The topological polar surface area (TPSA) is 106 Å². The molecule has 0 spiro atoms. The molecule has 1 aliphatic heterocycles. The number of nitrogens with zero attached hydrogens (tertiary/aromatic N) is 6. The Labute approximate surface area is 198 Å². The zero-order valence-corrected chi connectivity index (χ0v) is 20.3. The number of anilines is 1. The van der Waals surface area contributed by atoms with Gasteiger partial charge in [0.15, 0.2) is 20.8 Å². The van der Waals surface area contributed by atoms with E-state index in [1.54, 1.807) is 28.8 Å². The van der Waals surface area contributed by atoms with Crippen molar-refractivity contribution in [2.75, 3.05) is 17.7 Å². The standard InChI is InChI=1S/C21H19ClN6O3S2/c1-12(2)18-24-19(31-26-18)14-8-10-27(11-9-14)21-25-28-17(22)16(23-20(28)32-21)13-4-6-15(7-5-13)33(3,29)30/h4-10,12H,11H2,1-3H3. The molecule has 0 saturated heterocycles. The molecule has 170 valence electrons. The van der Waals surface area contributed by atoms with Crippen LogP contribution in [0.2, 0.25) is 5.15 Å². The van der Waals surface area contributed by atoms with Gasteiger partial charge in [-0.2, -0.15) is 9.50 Å². The first kappa shape index (κ1) is 21.8. The van der Waals surface area contributed by atoms with Crippen LogP contribution < -0.4 is 4.90 Å². The molecule has 1 aromatic carbocycles. The average Bonchev–Trinajstić information content (AvgIpc) is 3.50. The van der Waals surface area contributed by atoms with Gasteiger partial charge < -0.3 is 9.42 Å². The smallest absolute Gasteiger partial charge is 0.257 e. The summed E-state index contributed by atoms with van der Waals surface area (Å²) in [6, 6.07) is 6.47. The molecule has 4 heterocycles. The number of allylic oxidation sites excluding steroid dienone is 2.